The summed E-state index contributed by atoms with van der Waals surface area (Å²) >= 11 is 0. The fraction of sp³-hybridized carbons (Fsp3) is 0.500. The summed E-state index contributed by atoms with van der Waals surface area (Å²) in [6.07, 6.45) is 4.27. The van der Waals surface area contributed by atoms with E-state index >= 15 is 0 Å². The van der Waals surface area contributed by atoms with E-state index in [2.05, 4.69) is 26.7 Å². The number of piperidine rings is 1. The van der Waals surface area contributed by atoms with Crippen LogP contribution in [0.4, 0.5) is 10.2 Å². The minimum atomic E-state index is -0.573. The number of hydrogen-bond donors (Lipinski definition) is 1. The molecule has 2 fully saturated rings. The van der Waals surface area contributed by atoms with Crippen molar-refractivity contribution in [2.75, 3.05) is 37.6 Å². The van der Waals surface area contributed by atoms with Crippen LogP contribution >= 0.6 is 0 Å². The molecule has 1 aromatic carbocycles. The maximum atomic E-state index is 13.5. The zero-order chi connectivity index (χ0) is 23.5. The van der Waals surface area contributed by atoms with Gasteiger partial charge in [0.15, 0.2) is 0 Å². The number of aryl methyl sites for hydroxylation is 1. The van der Waals surface area contributed by atoms with Crippen molar-refractivity contribution in [1.29, 1.82) is 0 Å². The van der Waals surface area contributed by atoms with Gasteiger partial charge in [0.1, 0.15) is 17.3 Å². The third-order valence-electron chi connectivity index (χ3n) is 6.76. The lowest BCUT2D eigenvalue weighted by molar-refractivity contribution is 0.0490. The van der Waals surface area contributed by atoms with Crippen LogP contribution in [0.5, 0.6) is 0 Å². The van der Waals surface area contributed by atoms with E-state index < -0.39 is 5.91 Å². The predicted octanol–water partition coefficient (Wildman–Crippen LogP) is 2.23. The van der Waals surface area contributed by atoms with E-state index in [4.69, 9.17) is 5.73 Å². The van der Waals surface area contributed by atoms with Gasteiger partial charge in [-0.2, -0.15) is 0 Å². The van der Waals surface area contributed by atoms with E-state index in [0.29, 0.717) is 36.4 Å². The molecule has 1 atom stereocenters. The fourth-order valence-electron chi connectivity index (χ4n) is 5.02. The maximum absolute atomic E-state index is 13.5. The maximum Gasteiger partial charge on any atom is 0.268 e. The summed E-state index contributed by atoms with van der Waals surface area (Å²) in [5.41, 5.74) is 6.62. The van der Waals surface area contributed by atoms with Crippen LogP contribution in [0.1, 0.15) is 52.7 Å². The molecule has 9 heteroatoms. The summed E-state index contributed by atoms with van der Waals surface area (Å²) in [4.78, 5) is 39.5. The number of carbonyl (C=O) groups excluding carboxylic acids is 2. The Hall–Kier alpha value is -3.07. The number of nitrogens with two attached hydrogens (primary N) is 1. The van der Waals surface area contributed by atoms with Crippen LogP contribution in [0, 0.1) is 12.7 Å². The number of piperazine rings is 1. The monoisotopic (exact) mass is 454 g/mol. The summed E-state index contributed by atoms with van der Waals surface area (Å²) in [7, 11) is 0. The number of benzene rings is 1. The third kappa shape index (κ3) is 4.98. The molecule has 0 radical (unpaired) electrons. The van der Waals surface area contributed by atoms with Crippen molar-refractivity contribution in [2.24, 2.45) is 5.73 Å². The Balaban J connectivity index is 1.37. The largest absolute Gasteiger partial charge is 0.364 e. The summed E-state index contributed by atoms with van der Waals surface area (Å²) in [6.45, 7) is 7.96. The fourth-order valence-corrected chi connectivity index (χ4v) is 5.02. The summed E-state index contributed by atoms with van der Waals surface area (Å²) in [5, 5.41) is 0. The first-order valence-corrected chi connectivity index (χ1v) is 11.6. The number of rotatable bonds is 5. The van der Waals surface area contributed by atoms with Gasteiger partial charge in [0.2, 0.25) is 0 Å². The van der Waals surface area contributed by atoms with E-state index in [1.165, 1.54) is 18.3 Å². The number of aromatic nitrogens is 2. The van der Waals surface area contributed by atoms with E-state index in [1.807, 2.05) is 11.8 Å². The van der Waals surface area contributed by atoms with Crippen LogP contribution in [-0.4, -0.2) is 76.4 Å². The molecule has 2 aliphatic rings. The molecular formula is C24H31FN6O2. The van der Waals surface area contributed by atoms with Gasteiger partial charge in [0, 0.05) is 50.4 Å². The molecule has 2 N–H and O–H groups in total. The second-order valence-corrected chi connectivity index (χ2v) is 8.81. The van der Waals surface area contributed by atoms with Gasteiger partial charge in [-0.15, -0.1) is 0 Å². The Labute approximate surface area is 193 Å². The van der Waals surface area contributed by atoms with Gasteiger partial charge < -0.3 is 15.5 Å². The van der Waals surface area contributed by atoms with Crippen molar-refractivity contribution in [2.45, 2.75) is 45.2 Å². The zero-order valence-electron chi connectivity index (χ0n) is 19.2. The minimum Gasteiger partial charge on any atom is -0.364 e. The molecule has 4 rings (SSSR count). The van der Waals surface area contributed by atoms with Crippen molar-refractivity contribution < 1.29 is 14.0 Å². The molecule has 0 aliphatic carbocycles. The molecule has 1 aromatic heterocycles. The molecule has 33 heavy (non-hydrogen) atoms. The van der Waals surface area contributed by atoms with Crippen LogP contribution in [0.15, 0.2) is 30.5 Å². The molecule has 0 spiro atoms. The second kappa shape index (κ2) is 9.82. The molecule has 2 saturated heterocycles. The average Bonchev–Trinajstić information content (AvgIpc) is 2.83. The lowest BCUT2D eigenvalue weighted by Gasteiger charge is -2.47. The van der Waals surface area contributed by atoms with E-state index in [1.54, 1.807) is 12.1 Å². The minimum absolute atomic E-state index is 0.0988. The van der Waals surface area contributed by atoms with Crippen molar-refractivity contribution in [3.05, 3.63) is 53.2 Å². The molecule has 2 aromatic rings. The van der Waals surface area contributed by atoms with Crippen molar-refractivity contribution >= 4 is 17.6 Å². The highest BCUT2D eigenvalue weighted by molar-refractivity contribution is 5.94. The number of carbonyl (C=O) groups is 2. The van der Waals surface area contributed by atoms with Gasteiger partial charge >= 0.3 is 0 Å². The molecule has 0 bridgehead atoms. The van der Waals surface area contributed by atoms with Crippen LogP contribution in [0.3, 0.4) is 0 Å². The lowest BCUT2D eigenvalue weighted by Crippen LogP contribution is -2.59. The SMILES string of the molecule is CCC1CN(c2ncc(C(N)=O)nc2C)CCN1C1CCN(C(=O)c2cccc(F)c2)CC1. The molecular weight excluding hydrogens is 423 g/mol. The molecule has 3 heterocycles. The molecule has 2 aliphatic heterocycles. The molecule has 1 unspecified atom stereocenters. The molecule has 8 nitrogen and oxygen atoms in total. The highest BCUT2D eigenvalue weighted by Gasteiger charge is 2.34. The quantitative estimate of drug-likeness (QED) is 0.744. The van der Waals surface area contributed by atoms with Crippen LogP contribution in [-0.2, 0) is 0 Å². The molecule has 2 amide bonds. The van der Waals surface area contributed by atoms with Crippen molar-refractivity contribution in [1.82, 2.24) is 19.8 Å². The van der Waals surface area contributed by atoms with Gasteiger partial charge in [-0.3, -0.25) is 14.5 Å². The van der Waals surface area contributed by atoms with Gasteiger partial charge in [0.05, 0.1) is 11.9 Å². The number of primary amides is 1. The van der Waals surface area contributed by atoms with Gasteiger partial charge in [-0.25, -0.2) is 14.4 Å². The van der Waals surface area contributed by atoms with E-state index in [9.17, 15) is 14.0 Å². The second-order valence-electron chi connectivity index (χ2n) is 8.81. The zero-order valence-corrected chi connectivity index (χ0v) is 19.2. The van der Waals surface area contributed by atoms with Crippen LogP contribution < -0.4 is 10.6 Å². The van der Waals surface area contributed by atoms with Gasteiger partial charge in [0.25, 0.3) is 11.8 Å². The Morgan fingerprint density at radius 3 is 2.58 bits per heavy atom. The first kappa shape index (κ1) is 23.1. The lowest BCUT2D eigenvalue weighted by atomic mass is 9.97. The Bertz CT molecular complexity index is 1020. The summed E-state index contributed by atoms with van der Waals surface area (Å²) < 4.78 is 13.5. The number of hydrogen-bond acceptors (Lipinski definition) is 6. The third-order valence-corrected chi connectivity index (χ3v) is 6.76. The number of halogens is 1. The Morgan fingerprint density at radius 2 is 1.94 bits per heavy atom. The molecule has 176 valence electrons. The smallest absolute Gasteiger partial charge is 0.268 e. The first-order chi connectivity index (χ1) is 15.9. The average molecular weight is 455 g/mol. The van der Waals surface area contributed by atoms with Crippen molar-refractivity contribution in [3.63, 3.8) is 0 Å². The first-order valence-electron chi connectivity index (χ1n) is 11.6. The van der Waals surface area contributed by atoms with Crippen molar-refractivity contribution in [3.8, 4) is 0 Å². The predicted molar refractivity (Wildman–Crippen MR) is 124 cm³/mol. The standard InChI is InChI=1S/C24H31FN6O2/c1-3-19-15-30(23-16(2)28-21(14-27-23)22(26)32)11-12-31(19)20-7-9-29(10-8-20)24(33)17-5-4-6-18(25)13-17/h4-6,13-14,19-20H,3,7-12,15H2,1-2H3,(H2,26,32). The van der Waals surface area contributed by atoms with E-state index in [0.717, 1.165) is 44.7 Å². The summed E-state index contributed by atoms with van der Waals surface area (Å²) in [5.74, 6) is -0.258. The Kier molecular flexibility index (Phi) is 6.88. The van der Waals surface area contributed by atoms with Crippen LogP contribution in [0.25, 0.3) is 0 Å². The Morgan fingerprint density at radius 1 is 1.18 bits per heavy atom. The van der Waals surface area contributed by atoms with E-state index in [-0.39, 0.29) is 17.4 Å². The van der Waals surface area contributed by atoms with Gasteiger partial charge in [-0.05, 0) is 44.4 Å². The number of likely N-dealkylation sites (tertiary alicyclic amines) is 1. The number of anilines is 1. The highest BCUT2D eigenvalue weighted by atomic mass is 19.1. The number of nitrogens with zero attached hydrogens (tertiary/aromatic N) is 5. The van der Waals surface area contributed by atoms with Crippen LogP contribution in [0.2, 0.25) is 0 Å². The highest BCUT2D eigenvalue weighted by Crippen LogP contribution is 2.27. The van der Waals surface area contributed by atoms with Gasteiger partial charge in [-0.1, -0.05) is 13.0 Å². The topological polar surface area (TPSA) is 95.7 Å². The number of amides is 2. The summed E-state index contributed by atoms with van der Waals surface area (Å²) in [6, 6.07) is 6.69. The normalized spacial score (nSPS) is 20.2. The molecule has 0 saturated carbocycles.